The molecule has 0 fully saturated rings. The lowest BCUT2D eigenvalue weighted by molar-refractivity contribution is 0.438. The van der Waals surface area contributed by atoms with Gasteiger partial charge in [0.25, 0.3) is 5.56 Å². The monoisotopic (exact) mass is 260 g/mol. The number of H-pyrrole nitrogens is 1. The Morgan fingerprint density at radius 2 is 2.07 bits per heavy atom. The van der Waals surface area contributed by atoms with Crippen LogP contribution in [0.5, 0.6) is 5.88 Å². The number of aromatic hydroxyl groups is 1. The maximum atomic E-state index is 11.3. The van der Waals surface area contributed by atoms with E-state index in [4.69, 9.17) is 0 Å². The minimum absolute atomic E-state index is 0.0900. The lowest BCUT2D eigenvalue weighted by Gasteiger charge is -2.11. The average Bonchev–Trinajstić information content (AvgIpc) is 2.16. The minimum Gasteiger partial charge on any atom is -0.492 e. The molecule has 0 unspecified atom stereocenters. The van der Waals surface area contributed by atoms with Crippen molar-refractivity contribution in [3.8, 4) is 5.88 Å². The zero-order chi connectivity index (χ0) is 10.7. The Labute approximate surface area is 90.5 Å². The van der Waals surface area contributed by atoms with Gasteiger partial charge in [-0.05, 0) is 28.8 Å². The van der Waals surface area contributed by atoms with Crippen LogP contribution < -0.4 is 5.56 Å². The molecule has 5 heteroatoms. The molecule has 0 amide bonds. The van der Waals surface area contributed by atoms with Crippen LogP contribution in [0, 0.1) is 0 Å². The van der Waals surface area contributed by atoms with E-state index in [1.165, 1.54) is 0 Å². The van der Waals surface area contributed by atoms with Crippen molar-refractivity contribution in [3.63, 3.8) is 0 Å². The van der Waals surface area contributed by atoms with E-state index in [2.05, 4.69) is 25.9 Å². The van der Waals surface area contributed by atoms with E-state index in [1.807, 2.05) is 13.8 Å². The van der Waals surface area contributed by atoms with Crippen molar-refractivity contribution < 1.29 is 5.11 Å². The lowest BCUT2D eigenvalue weighted by atomic mass is 10.0. The summed E-state index contributed by atoms with van der Waals surface area (Å²) in [5.41, 5.74) is -0.334. The van der Waals surface area contributed by atoms with Crippen LogP contribution in [-0.4, -0.2) is 15.1 Å². The van der Waals surface area contributed by atoms with E-state index in [9.17, 15) is 9.90 Å². The molecule has 0 aliphatic carbocycles. The van der Waals surface area contributed by atoms with Crippen LogP contribution in [-0.2, 0) is 0 Å². The fraction of sp³-hybridized carbons (Fsp3) is 0.556. The van der Waals surface area contributed by atoms with Crippen molar-refractivity contribution >= 4 is 15.9 Å². The molecule has 0 saturated heterocycles. The summed E-state index contributed by atoms with van der Waals surface area (Å²) >= 11 is 2.95. The summed E-state index contributed by atoms with van der Waals surface area (Å²) in [4.78, 5) is 17.9. The Morgan fingerprint density at radius 1 is 1.50 bits per heavy atom. The van der Waals surface area contributed by atoms with Gasteiger partial charge in [-0.2, -0.15) is 4.98 Å². The number of aromatic nitrogens is 2. The van der Waals surface area contributed by atoms with Crippen LogP contribution in [0.15, 0.2) is 9.27 Å². The predicted octanol–water partition coefficient (Wildman–Crippen LogP) is 2.14. The second kappa shape index (κ2) is 4.59. The van der Waals surface area contributed by atoms with Crippen molar-refractivity contribution in [2.24, 2.45) is 0 Å². The van der Waals surface area contributed by atoms with Gasteiger partial charge < -0.3 is 10.1 Å². The first-order valence-electron chi connectivity index (χ1n) is 4.58. The third kappa shape index (κ3) is 2.15. The largest absolute Gasteiger partial charge is 0.492 e. The van der Waals surface area contributed by atoms with E-state index >= 15 is 0 Å². The van der Waals surface area contributed by atoms with Crippen LogP contribution in [0.2, 0.25) is 0 Å². The highest BCUT2D eigenvalue weighted by Gasteiger charge is 2.13. The molecule has 4 nitrogen and oxygen atoms in total. The summed E-state index contributed by atoms with van der Waals surface area (Å²) in [6.45, 7) is 4.04. The third-order valence-electron chi connectivity index (χ3n) is 2.24. The van der Waals surface area contributed by atoms with Crippen LogP contribution in [0.25, 0.3) is 0 Å². The highest BCUT2D eigenvalue weighted by molar-refractivity contribution is 9.10. The molecule has 0 bridgehead atoms. The topological polar surface area (TPSA) is 66.0 Å². The predicted molar refractivity (Wildman–Crippen MR) is 57.5 cm³/mol. The molecule has 0 atom stereocenters. The summed E-state index contributed by atoms with van der Waals surface area (Å²) in [6, 6.07) is 0. The molecule has 0 aliphatic heterocycles. The van der Waals surface area contributed by atoms with Gasteiger partial charge in [0, 0.05) is 5.92 Å². The van der Waals surface area contributed by atoms with Crippen LogP contribution in [0.4, 0.5) is 0 Å². The molecule has 0 aromatic carbocycles. The smallest absolute Gasteiger partial charge is 0.269 e. The quantitative estimate of drug-likeness (QED) is 0.876. The van der Waals surface area contributed by atoms with E-state index in [0.717, 1.165) is 12.8 Å². The SMILES string of the molecule is CCC(CC)c1nc(O)c(Br)c(=O)[nH]1. The fourth-order valence-electron chi connectivity index (χ4n) is 1.33. The van der Waals surface area contributed by atoms with E-state index in [1.54, 1.807) is 0 Å². The summed E-state index contributed by atoms with van der Waals surface area (Å²) in [5, 5.41) is 9.34. The lowest BCUT2D eigenvalue weighted by Crippen LogP contribution is -2.14. The molecule has 14 heavy (non-hydrogen) atoms. The standard InChI is InChI=1S/C9H13BrN2O2/c1-3-5(4-2)7-11-8(13)6(10)9(14)12-7/h5H,3-4H2,1-2H3,(H2,11,12,13,14). The van der Waals surface area contributed by atoms with Crippen molar-refractivity contribution in [1.29, 1.82) is 0 Å². The molecule has 2 N–H and O–H groups in total. The van der Waals surface area contributed by atoms with E-state index in [0.29, 0.717) is 5.82 Å². The highest BCUT2D eigenvalue weighted by Crippen LogP contribution is 2.22. The molecule has 1 heterocycles. The number of aromatic amines is 1. The Bertz CT molecular complexity index is 372. The van der Waals surface area contributed by atoms with Crippen LogP contribution >= 0.6 is 15.9 Å². The van der Waals surface area contributed by atoms with Crippen molar-refractivity contribution in [2.75, 3.05) is 0 Å². The summed E-state index contributed by atoms with van der Waals surface area (Å²) < 4.78 is 0.0900. The molecule has 1 aromatic heterocycles. The third-order valence-corrected chi connectivity index (χ3v) is 2.95. The Hall–Kier alpha value is -0.840. The second-order valence-electron chi connectivity index (χ2n) is 3.10. The molecule has 0 saturated carbocycles. The molecule has 0 radical (unpaired) electrons. The van der Waals surface area contributed by atoms with Gasteiger partial charge in [-0.25, -0.2) is 0 Å². The van der Waals surface area contributed by atoms with E-state index in [-0.39, 0.29) is 21.8 Å². The average molecular weight is 261 g/mol. The Morgan fingerprint density at radius 3 is 2.50 bits per heavy atom. The Kier molecular flexibility index (Phi) is 3.69. The molecule has 1 aromatic rings. The minimum atomic E-state index is -0.334. The van der Waals surface area contributed by atoms with Crippen molar-refractivity contribution in [2.45, 2.75) is 32.6 Å². The molecule has 78 valence electrons. The zero-order valence-corrected chi connectivity index (χ0v) is 9.76. The molecule has 1 rings (SSSR count). The molecular formula is C9H13BrN2O2. The molecular weight excluding hydrogens is 248 g/mol. The van der Waals surface area contributed by atoms with Crippen molar-refractivity contribution in [3.05, 3.63) is 20.7 Å². The first-order valence-corrected chi connectivity index (χ1v) is 5.38. The molecule has 0 aliphatic rings. The number of hydrogen-bond acceptors (Lipinski definition) is 3. The summed E-state index contributed by atoms with van der Waals surface area (Å²) in [7, 11) is 0. The van der Waals surface area contributed by atoms with Crippen LogP contribution in [0.3, 0.4) is 0 Å². The van der Waals surface area contributed by atoms with Gasteiger partial charge in [0.15, 0.2) is 0 Å². The first kappa shape index (κ1) is 11.2. The number of nitrogens with zero attached hydrogens (tertiary/aromatic N) is 1. The zero-order valence-electron chi connectivity index (χ0n) is 8.17. The van der Waals surface area contributed by atoms with Gasteiger partial charge in [0.2, 0.25) is 5.88 Å². The summed E-state index contributed by atoms with van der Waals surface area (Å²) in [5.74, 6) is 0.512. The number of nitrogens with one attached hydrogen (secondary N) is 1. The highest BCUT2D eigenvalue weighted by atomic mass is 79.9. The van der Waals surface area contributed by atoms with Crippen LogP contribution in [0.1, 0.15) is 38.4 Å². The van der Waals surface area contributed by atoms with Gasteiger partial charge in [-0.15, -0.1) is 0 Å². The number of hydrogen-bond donors (Lipinski definition) is 2. The van der Waals surface area contributed by atoms with E-state index < -0.39 is 0 Å². The first-order chi connectivity index (χ1) is 6.60. The van der Waals surface area contributed by atoms with Gasteiger partial charge >= 0.3 is 0 Å². The van der Waals surface area contributed by atoms with Gasteiger partial charge in [0.1, 0.15) is 10.3 Å². The fourth-order valence-corrected chi connectivity index (χ4v) is 1.52. The van der Waals surface area contributed by atoms with Gasteiger partial charge in [0.05, 0.1) is 0 Å². The Balaban J connectivity index is 3.18. The normalized spacial score (nSPS) is 10.9. The number of rotatable bonds is 3. The summed E-state index contributed by atoms with van der Waals surface area (Å²) in [6.07, 6.45) is 1.78. The maximum absolute atomic E-state index is 11.3. The van der Waals surface area contributed by atoms with Crippen molar-refractivity contribution in [1.82, 2.24) is 9.97 Å². The molecule has 0 spiro atoms. The van der Waals surface area contributed by atoms with Gasteiger partial charge in [-0.3, -0.25) is 4.79 Å². The second-order valence-corrected chi connectivity index (χ2v) is 3.90. The number of halogens is 1. The maximum Gasteiger partial charge on any atom is 0.269 e. The van der Waals surface area contributed by atoms with Gasteiger partial charge in [-0.1, -0.05) is 13.8 Å².